The van der Waals surface area contributed by atoms with E-state index >= 15 is 0 Å². The van der Waals surface area contributed by atoms with E-state index in [1.165, 1.54) is 0 Å². The second-order valence-corrected chi connectivity index (χ2v) is 6.66. The van der Waals surface area contributed by atoms with Crippen molar-refractivity contribution in [2.24, 2.45) is 0 Å². The van der Waals surface area contributed by atoms with E-state index in [1.807, 2.05) is 32.3 Å². The van der Waals surface area contributed by atoms with Crippen LogP contribution in [-0.4, -0.2) is 29.8 Å². The van der Waals surface area contributed by atoms with Crippen LogP contribution in [0.15, 0.2) is 60.8 Å². The minimum atomic E-state index is -0.122. The van der Waals surface area contributed by atoms with Crippen molar-refractivity contribution in [3.05, 3.63) is 76.9 Å². The molecule has 134 valence electrons. The van der Waals surface area contributed by atoms with E-state index in [-0.39, 0.29) is 12.3 Å². The Hall–Kier alpha value is -2.79. The Labute approximate surface area is 158 Å². The predicted octanol–water partition coefficient (Wildman–Crippen LogP) is 3.83. The van der Waals surface area contributed by atoms with Crippen LogP contribution in [0.3, 0.4) is 0 Å². The number of nitrogens with zero attached hydrogens (tertiary/aromatic N) is 3. The van der Waals surface area contributed by atoms with Crippen LogP contribution in [0.2, 0.25) is 5.02 Å². The van der Waals surface area contributed by atoms with E-state index in [4.69, 9.17) is 11.6 Å². The van der Waals surface area contributed by atoms with Crippen molar-refractivity contribution in [1.29, 1.82) is 0 Å². The molecule has 1 aromatic heterocycles. The van der Waals surface area contributed by atoms with Gasteiger partial charge in [0.15, 0.2) is 0 Å². The molecule has 0 atom stereocenters. The van der Waals surface area contributed by atoms with Crippen LogP contribution in [0, 0.1) is 0 Å². The van der Waals surface area contributed by atoms with Crippen LogP contribution in [0.4, 0.5) is 11.5 Å². The molecular weight excluding hydrogens is 348 g/mol. The Morgan fingerprint density at radius 3 is 2.54 bits per heavy atom. The number of halogens is 1. The summed E-state index contributed by atoms with van der Waals surface area (Å²) in [5, 5.41) is 7.82. The van der Waals surface area contributed by atoms with Crippen molar-refractivity contribution >= 4 is 29.0 Å². The largest absolute Gasteiger partial charge is 0.378 e. The molecule has 0 spiro atoms. The Morgan fingerprint density at radius 2 is 1.85 bits per heavy atom. The summed E-state index contributed by atoms with van der Waals surface area (Å²) in [7, 11) is 4.02. The molecule has 0 aliphatic carbocycles. The molecule has 0 aliphatic heterocycles. The van der Waals surface area contributed by atoms with E-state index < -0.39 is 0 Å². The van der Waals surface area contributed by atoms with Gasteiger partial charge < -0.3 is 10.2 Å². The lowest BCUT2D eigenvalue weighted by molar-refractivity contribution is -0.115. The zero-order chi connectivity index (χ0) is 18.5. The first-order valence-electron chi connectivity index (χ1n) is 8.34. The first kappa shape index (κ1) is 18.0. The highest BCUT2D eigenvalue weighted by atomic mass is 35.5. The van der Waals surface area contributed by atoms with Gasteiger partial charge in [0, 0.05) is 30.9 Å². The minimum Gasteiger partial charge on any atom is -0.378 e. The van der Waals surface area contributed by atoms with Gasteiger partial charge in [0.2, 0.25) is 5.91 Å². The van der Waals surface area contributed by atoms with Crippen LogP contribution < -0.4 is 10.2 Å². The molecule has 2 aromatic carbocycles. The average molecular weight is 369 g/mol. The molecule has 3 aromatic rings. The Kier molecular flexibility index (Phi) is 5.58. The normalized spacial score (nSPS) is 10.6. The highest BCUT2D eigenvalue weighted by Crippen LogP contribution is 2.17. The fourth-order valence-corrected chi connectivity index (χ4v) is 2.84. The zero-order valence-corrected chi connectivity index (χ0v) is 15.6. The molecule has 26 heavy (non-hydrogen) atoms. The molecule has 1 amide bonds. The molecule has 0 radical (unpaired) electrons. The van der Waals surface area contributed by atoms with Gasteiger partial charge in [-0.05, 0) is 29.3 Å². The number of carbonyl (C=O) groups excluding carboxylic acids is 1. The van der Waals surface area contributed by atoms with Crippen LogP contribution >= 0.6 is 11.6 Å². The molecular formula is C20H21ClN4O. The van der Waals surface area contributed by atoms with Gasteiger partial charge in [-0.3, -0.25) is 4.79 Å². The van der Waals surface area contributed by atoms with Gasteiger partial charge in [-0.15, -0.1) is 0 Å². The maximum atomic E-state index is 12.3. The fourth-order valence-electron chi connectivity index (χ4n) is 2.64. The maximum Gasteiger partial charge on any atom is 0.229 e. The number of benzene rings is 2. The Balaban J connectivity index is 1.66. The van der Waals surface area contributed by atoms with Crippen molar-refractivity contribution < 1.29 is 4.79 Å². The van der Waals surface area contributed by atoms with E-state index in [0.29, 0.717) is 17.4 Å². The van der Waals surface area contributed by atoms with Crippen molar-refractivity contribution in [1.82, 2.24) is 9.78 Å². The van der Waals surface area contributed by atoms with Crippen LogP contribution in [0.1, 0.15) is 11.1 Å². The molecule has 3 rings (SSSR count). The summed E-state index contributed by atoms with van der Waals surface area (Å²) in [6.07, 6.45) is 1.90. The van der Waals surface area contributed by atoms with Crippen LogP contribution in [0.25, 0.3) is 0 Å². The summed E-state index contributed by atoms with van der Waals surface area (Å²) >= 11 is 6.12. The topological polar surface area (TPSA) is 50.2 Å². The highest BCUT2D eigenvalue weighted by molar-refractivity contribution is 6.31. The fraction of sp³-hybridized carbons (Fsp3) is 0.200. The monoisotopic (exact) mass is 368 g/mol. The molecule has 0 saturated carbocycles. The third-order valence-corrected chi connectivity index (χ3v) is 4.45. The summed E-state index contributed by atoms with van der Waals surface area (Å²) < 4.78 is 1.77. The molecule has 5 nitrogen and oxygen atoms in total. The first-order valence-corrected chi connectivity index (χ1v) is 8.72. The van der Waals surface area contributed by atoms with Crippen molar-refractivity contribution in [2.45, 2.75) is 13.0 Å². The minimum absolute atomic E-state index is 0.122. The number of hydrogen-bond donors (Lipinski definition) is 1. The second-order valence-electron chi connectivity index (χ2n) is 6.25. The molecule has 1 N–H and O–H groups in total. The second kappa shape index (κ2) is 8.06. The Bertz CT molecular complexity index is 887. The van der Waals surface area contributed by atoms with E-state index in [9.17, 15) is 4.79 Å². The first-order chi connectivity index (χ1) is 12.5. The average Bonchev–Trinajstić information content (AvgIpc) is 3.04. The number of carbonyl (C=O) groups is 1. The van der Waals surface area contributed by atoms with E-state index in [2.05, 4.69) is 39.6 Å². The molecule has 0 unspecified atom stereocenters. The van der Waals surface area contributed by atoms with Gasteiger partial charge in [-0.1, -0.05) is 41.9 Å². The number of aromatic nitrogens is 2. The quantitative estimate of drug-likeness (QED) is 0.719. The van der Waals surface area contributed by atoms with Crippen LogP contribution in [0.5, 0.6) is 0 Å². The smallest absolute Gasteiger partial charge is 0.229 e. The molecule has 0 fully saturated rings. The summed E-state index contributed by atoms with van der Waals surface area (Å²) in [6, 6.07) is 17.4. The SMILES string of the molecule is CN(C)c1ccc(Cn2nccc2NC(=O)Cc2ccccc2Cl)cc1. The predicted molar refractivity (Wildman–Crippen MR) is 106 cm³/mol. The van der Waals surface area contributed by atoms with Gasteiger partial charge in [0.25, 0.3) is 0 Å². The molecule has 0 saturated heterocycles. The van der Waals surface area contributed by atoms with Gasteiger partial charge in [0.05, 0.1) is 19.2 Å². The zero-order valence-electron chi connectivity index (χ0n) is 14.8. The van der Waals surface area contributed by atoms with Crippen molar-refractivity contribution in [3.63, 3.8) is 0 Å². The maximum absolute atomic E-state index is 12.3. The van der Waals surface area contributed by atoms with Gasteiger partial charge in [-0.25, -0.2) is 4.68 Å². The summed E-state index contributed by atoms with van der Waals surface area (Å²) in [5.41, 5.74) is 3.06. The standard InChI is InChI=1S/C20H21ClN4O/c1-24(2)17-9-7-15(8-10-17)14-25-19(11-12-22-25)23-20(26)13-16-5-3-4-6-18(16)21/h3-12H,13-14H2,1-2H3,(H,23,26). The number of rotatable bonds is 6. The number of nitrogens with one attached hydrogen (secondary N) is 1. The third-order valence-electron chi connectivity index (χ3n) is 4.08. The molecule has 1 heterocycles. The van der Waals surface area contributed by atoms with Gasteiger partial charge >= 0.3 is 0 Å². The van der Waals surface area contributed by atoms with Crippen molar-refractivity contribution in [2.75, 3.05) is 24.3 Å². The lowest BCUT2D eigenvalue weighted by Gasteiger charge is -2.13. The Morgan fingerprint density at radius 1 is 1.12 bits per heavy atom. The third kappa shape index (κ3) is 4.43. The summed E-state index contributed by atoms with van der Waals surface area (Å²) in [5.74, 6) is 0.543. The lowest BCUT2D eigenvalue weighted by Crippen LogP contribution is -2.18. The van der Waals surface area contributed by atoms with Gasteiger partial charge in [0.1, 0.15) is 5.82 Å². The summed E-state index contributed by atoms with van der Waals surface area (Å²) in [6.45, 7) is 0.586. The molecule has 0 aliphatic rings. The molecule has 0 bridgehead atoms. The highest BCUT2D eigenvalue weighted by Gasteiger charge is 2.10. The van der Waals surface area contributed by atoms with E-state index in [0.717, 1.165) is 16.8 Å². The van der Waals surface area contributed by atoms with Crippen molar-refractivity contribution in [3.8, 4) is 0 Å². The van der Waals surface area contributed by atoms with E-state index in [1.54, 1.807) is 23.0 Å². The van der Waals surface area contributed by atoms with Gasteiger partial charge in [-0.2, -0.15) is 5.10 Å². The van der Waals surface area contributed by atoms with Crippen LogP contribution in [-0.2, 0) is 17.8 Å². The number of amides is 1. The summed E-state index contributed by atoms with van der Waals surface area (Å²) in [4.78, 5) is 14.4. The number of anilines is 2. The lowest BCUT2D eigenvalue weighted by atomic mass is 10.1. The number of hydrogen-bond acceptors (Lipinski definition) is 3. The molecule has 6 heteroatoms.